The average molecular weight is 291 g/mol. The molecule has 0 radical (unpaired) electrons. The zero-order valence-corrected chi connectivity index (χ0v) is 11.1. The van der Waals surface area contributed by atoms with Crippen LogP contribution in [0.5, 0.6) is 0 Å². The van der Waals surface area contributed by atoms with Crippen molar-refractivity contribution in [3.05, 3.63) is 28.7 Å². The molecule has 8 heteroatoms. The summed E-state index contributed by atoms with van der Waals surface area (Å²) in [5.41, 5.74) is 1.33. The van der Waals surface area contributed by atoms with Gasteiger partial charge in [0.15, 0.2) is 11.7 Å². The topological polar surface area (TPSA) is 105 Å². The maximum atomic E-state index is 11.7. The summed E-state index contributed by atoms with van der Waals surface area (Å²) >= 11 is 0. The molecule has 1 amide bonds. The smallest absolute Gasteiger partial charge is 0.419 e. The number of oxazole rings is 1. The summed E-state index contributed by atoms with van der Waals surface area (Å²) in [5.74, 6) is -1.93. The number of amides is 1. The number of ether oxygens (including phenoxy) is 1. The predicted octanol–water partition coefficient (Wildman–Crippen LogP) is -0.311. The molecular weight excluding hydrogens is 280 g/mol. The van der Waals surface area contributed by atoms with Crippen molar-refractivity contribution in [2.24, 2.45) is 0 Å². The van der Waals surface area contributed by atoms with Gasteiger partial charge in [0, 0.05) is 12.6 Å². The highest BCUT2D eigenvalue weighted by atomic mass is 16.6. The number of benzene rings is 1. The molecule has 21 heavy (non-hydrogen) atoms. The molecule has 1 unspecified atom stereocenters. The molecule has 2 heterocycles. The number of carboxylic acid groups (broad SMARTS) is 1. The molecule has 0 aliphatic carbocycles. The van der Waals surface area contributed by atoms with Gasteiger partial charge >= 0.3 is 11.8 Å². The first kappa shape index (κ1) is 13.2. The number of carbonyl (C=O) groups excluding carboxylic acids is 2. The second-order valence-electron chi connectivity index (χ2n) is 4.57. The van der Waals surface area contributed by atoms with E-state index in [2.05, 4.69) is 4.74 Å². The van der Waals surface area contributed by atoms with Crippen LogP contribution in [-0.2, 0) is 16.1 Å². The zero-order chi connectivity index (χ0) is 15.1. The largest absolute Gasteiger partial charge is 0.546 e. The van der Waals surface area contributed by atoms with E-state index in [-0.39, 0.29) is 6.54 Å². The molecule has 1 aromatic heterocycles. The Morgan fingerprint density at radius 2 is 2.19 bits per heavy atom. The Hall–Kier alpha value is -2.77. The van der Waals surface area contributed by atoms with Gasteiger partial charge in [0.25, 0.3) is 0 Å². The molecular formula is C13H11N2O6-. The number of hydrogen-bond acceptors (Lipinski definition) is 6. The van der Waals surface area contributed by atoms with Crippen LogP contribution in [0.25, 0.3) is 11.1 Å². The van der Waals surface area contributed by atoms with Crippen molar-refractivity contribution in [1.82, 2.24) is 4.57 Å². The van der Waals surface area contributed by atoms with E-state index in [4.69, 9.17) is 4.42 Å². The minimum atomic E-state index is -1.45. The number of rotatable bonds is 3. The minimum Gasteiger partial charge on any atom is -0.546 e. The fraction of sp³-hybridized carbons (Fsp3) is 0.308. The van der Waals surface area contributed by atoms with Gasteiger partial charge in [-0.1, -0.05) is 0 Å². The monoisotopic (exact) mass is 291 g/mol. The van der Waals surface area contributed by atoms with Crippen LogP contribution in [-0.4, -0.2) is 29.3 Å². The van der Waals surface area contributed by atoms with E-state index in [1.165, 1.54) is 10.6 Å². The normalized spacial score (nSPS) is 18.2. The molecule has 0 N–H and O–H groups in total. The molecule has 1 aliphatic heterocycles. The van der Waals surface area contributed by atoms with Crippen molar-refractivity contribution in [1.29, 1.82) is 0 Å². The number of aliphatic carboxylic acids is 1. The zero-order valence-electron chi connectivity index (χ0n) is 11.1. The molecule has 1 aromatic carbocycles. The molecule has 0 spiro atoms. The lowest BCUT2D eigenvalue weighted by molar-refractivity contribution is -0.313. The van der Waals surface area contributed by atoms with Crippen molar-refractivity contribution < 1.29 is 23.8 Å². The Labute approximate surface area is 118 Å². The van der Waals surface area contributed by atoms with Crippen LogP contribution in [0.15, 0.2) is 27.4 Å². The highest BCUT2D eigenvalue weighted by Crippen LogP contribution is 2.25. The molecule has 1 atom stereocenters. The lowest BCUT2D eigenvalue weighted by atomic mass is 10.2. The van der Waals surface area contributed by atoms with E-state index in [9.17, 15) is 19.5 Å². The summed E-state index contributed by atoms with van der Waals surface area (Å²) in [5, 5.41) is 10.7. The lowest BCUT2D eigenvalue weighted by Crippen LogP contribution is -2.38. The first-order valence-electron chi connectivity index (χ1n) is 6.33. The van der Waals surface area contributed by atoms with E-state index < -0.39 is 23.9 Å². The van der Waals surface area contributed by atoms with E-state index >= 15 is 0 Å². The second-order valence-corrected chi connectivity index (χ2v) is 4.57. The van der Waals surface area contributed by atoms with Crippen LogP contribution in [0, 0.1) is 0 Å². The fourth-order valence-corrected chi connectivity index (χ4v) is 2.32. The van der Waals surface area contributed by atoms with Crippen molar-refractivity contribution >= 4 is 28.8 Å². The predicted molar refractivity (Wildman–Crippen MR) is 68.8 cm³/mol. The third-order valence-electron chi connectivity index (χ3n) is 3.35. The summed E-state index contributed by atoms with van der Waals surface area (Å²) in [6.07, 6.45) is -2.08. The summed E-state index contributed by atoms with van der Waals surface area (Å²) in [6, 6.07) is 4.74. The molecule has 0 saturated carbocycles. The van der Waals surface area contributed by atoms with E-state index in [0.717, 1.165) is 4.90 Å². The van der Waals surface area contributed by atoms with Crippen LogP contribution < -0.4 is 15.8 Å². The van der Waals surface area contributed by atoms with Crippen LogP contribution in [0.3, 0.4) is 0 Å². The van der Waals surface area contributed by atoms with Crippen LogP contribution in [0.2, 0.25) is 0 Å². The van der Waals surface area contributed by atoms with Gasteiger partial charge in [-0.2, -0.15) is 0 Å². The van der Waals surface area contributed by atoms with Crippen LogP contribution in [0.1, 0.15) is 6.92 Å². The van der Waals surface area contributed by atoms with Crippen molar-refractivity contribution in [3.63, 3.8) is 0 Å². The van der Waals surface area contributed by atoms with E-state index in [1.54, 1.807) is 12.1 Å². The number of carbonyl (C=O) groups is 2. The van der Waals surface area contributed by atoms with Gasteiger partial charge in [-0.05, 0) is 19.1 Å². The van der Waals surface area contributed by atoms with Crippen LogP contribution in [0.4, 0.5) is 10.5 Å². The lowest BCUT2D eigenvalue weighted by Gasteiger charge is -2.12. The maximum Gasteiger partial charge on any atom is 0.419 e. The van der Waals surface area contributed by atoms with Gasteiger partial charge in [0.1, 0.15) is 0 Å². The first-order chi connectivity index (χ1) is 10.0. The number of aryl methyl sites for hydroxylation is 1. The maximum absolute atomic E-state index is 11.7. The Kier molecular flexibility index (Phi) is 2.93. The quantitative estimate of drug-likeness (QED) is 0.768. The molecule has 1 aliphatic rings. The SMILES string of the molecule is CCn1c(=O)oc2cc(N3CC(C(=O)[O-])OC3=O)ccc21. The summed E-state index contributed by atoms with van der Waals surface area (Å²) in [4.78, 5) is 35.2. The average Bonchev–Trinajstić information content (AvgIpc) is 2.97. The Balaban J connectivity index is 2.00. The highest BCUT2D eigenvalue weighted by Gasteiger charge is 2.33. The number of fused-ring (bicyclic) bond motifs is 1. The van der Waals surface area contributed by atoms with Gasteiger partial charge in [-0.3, -0.25) is 9.47 Å². The van der Waals surface area contributed by atoms with Crippen molar-refractivity contribution in [2.75, 3.05) is 11.4 Å². The Morgan fingerprint density at radius 1 is 1.43 bits per heavy atom. The third-order valence-corrected chi connectivity index (χ3v) is 3.35. The highest BCUT2D eigenvalue weighted by molar-refractivity contribution is 5.95. The number of anilines is 1. The standard InChI is InChI=1S/C13H12N2O6/c1-2-14-8-4-3-7(5-9(8)20-12(14)18)15-6-10(11(16)17)21-13(15)19/h3-5,10H,2,6H2,1H3,(H,16,17)/p-1. The van der Waals surface area contributed by atoms with E-state index in [1.807, 2.05) is 6.92 Å². The fourth-order valence-electron chi connectivity index (χ4n) is 2.32. The molecule has 1 fully saturated rings. The number of carboxylic acids is 1. The van der Waals surface area contributed by atoms with Gasteiger partial charge in [0.2, 0.25) is 0 Å². The third kappa shape index (κ3) is 2.04. The molecule has 110 valence electrons. The number of aromatic nitrogens is 1. The Bertz CT molecular complexity index is 790. The van der Waals surface area contributed by atoms with Crippen molar-refractivity contribution in [3.8, 4) is 0 Å². The van der Waals surface area contributed by atoms with E-state index in [0.29, 0.717) is 23.3 Å². The number of cyclic esters (lactones) is 1. The minimum absolute atomic E-state index is 0.147. The second kappa shape index (κ2) is 4.65. The van der Waals surface area contributed by atoms with Crippen molar-refractivity contribution in [2.45, 2.75) is 19.6 Å². The van der Waals surface area contributed by atoms with Gasteiger partial charge < -0.3 is 19.1 Å². The summed E-state index contributed by atoms with van der Waals surface area (Å²) in [7, 11) is 0. The number of nitrogens with zero attached hydrogens (tertiary/aromatic N) is 2. The van der Waals surface area contributed by atoms with Gasteiger partial charge in [-0.15, -0.1) is 0 Å². The van der Waals surface area contributed by atoms with Gasteiger partial charge in [0.05, 0.1) is 23.7 Å². The number of hydrogen-bond donors (Lipinski definition) is 0. The molecule has 2 aromatic rings. The van der Waals surface area contributed by atoms with Crippen LogP contribution >= 0.6 is 0 Å². The molecule has 1 saturated heterocycles. The Morgan fingerprint density at radius 3 is 2.81 bits per heavy atom. The van der Waals surface area contributed by atoms with Gasteiger partial charge in [-0.25, -0.2) is 9.59 Å². The molecule has 0 bridgehead atoms. The summed E-state index contributed by atoms with van der Waals surface area (Å²) in [6.45, 7) is 2.13. The first-order valence-corrected chi connectivity index (χ1v) is 6.33. The molecule has 8 nitrogen and oxygen atoms in total. The molecule has 3 rings (SSSR count). The summed E-state index contributed by atoms with van der Waals surface area (Å²) < 4.78 is 11.2.